The van der Waals surface area contributed by atoms with Crippen molar-refractivity contribution in [3.05, 3.63) is 48.6 Å². The van der Waals surface area contributed by atoms with Crippen LogP contribution in [0.1, 0.15) is 348 Å². The quantitative estimate of drug-likeness (QED) is 0.0272. The predicted molar refractivity (Wildman–Crippen MR) is 348 cm³/mol. The minimum absolute atomic E-state index is 0.00564. The van der Waals surface area contributed by atoms with E-state index in [1.165, 1.54) is 283 Å². The summed E-state index contributed by atoms with van der Waals surface area (Å²) in [5.41, 5.74) is 0. The van der Waals surface area contributed by atoms with E-state index < -0.39 is 26.6 Å². The molecule has 3 atom stereocenters. The summed E-state index contributed by atoms with van der Waals surface area (Å²) in [6, 6.07) is -0.905. The number of quaternary nitrogens is 1. The molecule has 0 radical (unpaired) electrons. The average molecular weight is 1150 g/mol. The Hall–Kier alpha value is -1.54. The number of nitrogens with one attached hydrogen (secondary N) is 1. The van der Waals surface area contributed by atoms with Gasteiger partial charge in [-0.15, -0.1) is 0 Å². The topological polar surface area (TPSA) is 108 Å². The lowest BCUT2D eigenvalue weighted by atomic mass is 10.0. The molecule has 0 spiro atoms. The van der Waals surface area contributed by atoms with Crippen molar-refractivity contribution in [3.8, 4) is 0 Å². The van der Waals surface area contributed by atoms with Gasteiger partial charge in [-0.05, 0) is 64.2 Å². The number of nitrogens with zero attached hydrogens (tertiary/aromatic N) is 1. The third kappa shape index (κ3) is 64.0. The standard InChI is InChI=1S/C71H137N2O6P/c1-6-8-10-12-14-16-18-20-22-24-26-28-30-32-33-34-35-36-37-38-39-41-43-45-47-49-51-53-55-57-59-61-63-65-71(75)72-69(68-79-80(76,77)78-67-66-73(3,4)5)70(74)64-62-60-58-56-54-52-50-48-46-44-42-40-31-29-27-25-23-21-19-17-15-13-11-9-7-2/h26,28,32-33,54,56,62,64,69-70,74H,6-25,27,29-31,34-53,55,57-61,63,65-68H2,1-5H3,(H-,72,75,76,77)/b28-26-,33-32-,56-54+,64-62+. The van der Waals surface area contributed by atoms with Gasteiger partial charge in [-0.3, -0.25) is 9.36 Å². The number of rotatable bonds is 65. The van der Waals surface area contributed by atoms with Crippen LogP contribution >= 0.6 is 7.82 Å². The van der Waals surface area contributed by atoms with Gasteiger partial charge < -0.3 is 28.8 Å². The molecule has 2 N–H and O–H groups in total. The van der Waals surface area contributed by atoms with Crippen molar-refractivity contribution in [2.24, 2.45) is 0 Å². The van der Waals surface area contributed by atoms with E-state index in [0.29, 0.717) is 17.4 Å². The van der Waals surface area contributed by atoms with E-state index in [1.807, 2.05) is 27.2 Å². The summed E-state index contributed by atoms with van der Waals surface area (Å²) in [7, 11) is 1.26. The van der Waals surface area contributed by atoms with Crippen LogP contribution in [0.25, 0.3) is 0 Å². The lowest BCUT2D eigenvalue weighted by Gasteiger charge is -2.29. The van der Waals surface area contributed by atoms with E-state index in [2.05, 4.69) is 55.6 Å². The molecule has 9 heteroatoms. The van der Waals surface area contributed by atoms with Crippen molar-refractivity contribution < 1.29 is 32.9 Å². The maximum atomic E-state index is 13.0. The first-order valence-electron chi connectivity index (χ1n) is 35.0. The van der Waals surface area contributed by atoms with Gasteiger partial charge in [-0.1, -0.05) is 326 Å². The highest BCUT2D eigenvalue weighted by Crippen LogP contribution is 2.38. The minimum atomic E-state index is -4.61. The molecule has 0 fully saturated rings. The van der Waals surface area contributed by atoms with Crippen LogP contribution in [0.5, 0.6) is 0 Å². The number of amides is 1. The van der Waals surface area contributed by atoms with Gasteiger partial charge in [0.15, 0.2) is 0 Å². The van der Waals surface area contributed by atoms with E-state index in [1.54, 1.807) is 6.08 Å². The lowest BCUT2D eigenvalue weighted by Crippen LogP contribution is -2.45. The lowest BCUT2D eigenvalue weighted by molar-refractivity contribution is -0.870. The maximum absolute atomic E-state index is 13.0. The van der Waals surface area contributed by atoms with Crippen LogP contribution < -0.4 is 10.2 Å². The van der Waals surface area contributed by atoms with Crippen LogP contribution in [0.15, 0.2) is 48.6 Å². The smallest absolute Gasteiger partial charge is 0.268 e. The highest BCUT2D eigenvalue weighted by molar-refractivity contribution is 7.45. The Morgan fingerprint density at radius 3 is 1.09 bits per heavy atom. The van der Waals surface area contributed by atoms with Crippen LogP contribution in [0.3, 0.4) is 0 Å². The van der Waals surface area contributed by atoms with Crippen LogP contribution in [0, 0.1) is 0 Å². The molecule has 0 aromatic rings. The third-order valence-corrected chi connectivity index (χ3v) is 17.0. The van der Waals surface area contributed by atoms with E-state index >= 15 is 0 Å². The summed E-state index contributed by atoms with van der Waals surface area (Å²) in [4.78, 5) is 25.6. The highest BCUT2D eigenvalue weighted by atomic mass is 31.2. The van der Waals surface area contributed by atoms with Crippen molar-refractivity contribution in [3.63, 3.8) is 0 Å². The summed E-state index contributed by atoms with van der Waals surface area (Å²) in [5, 5.41) is 13.9. The molecule has 1 amide bonds. The molecule has 0 aliphatic heterocycles. The van der Waals surface area contributed by atoms with E-state index in [9.17, 15) is 19.4 Å². The number of carbonyl (C=O) groups is 1. The third-order valence-electron chi connectivity index (χ3n) is 16.0. The molecule has 0 aromatic carbocycles. The summed E-state index contributed by atoms with van der Waals surface area (Å²) < 4.78 is 23.4. The molecule has 0 saturated carbocycles. The SMILES string of the molecule is CCCCCCCCCCC/C=C\C/C=C\CCCCCCCCCCCCCCCCCCCC(=O)NC(COP(=O)([O-])OCC[N+](C)(C)C)C(O)/C=C/CC/C=C/CCCCCCCCCCCCCCCCCCCCC. The molecule has 0 aliphatic rings. The summed E-state index contributed by atoms with van der Waals surface area (Å²) in [6.45, 7) is 4.68. The number of likely N-dealkylation sites (N-methyl/N-ethyl adjacent to an activating group) is 1. The Bertz CT molecular complexity index is 1440. The predicted octanol–water partition coefficient (Wildman–Crippen LogP) is 21.6. The van der Waals surface area contributed by atoms with E-state index in [0.717, 1.165) is 44.9 Å². The second kappa shape index (κ2) is 62.0. The van der Waals surface area contributed by atoms with Crippen LogP contribution in [0.4, 0.5) is 0 Å². The van der Waals surface area contributed by atoms with E-state index in [-0.39, 0.29) is 12.5 Å². The minimum Gasteiger partial charge on any atom is -0.756 e. The van der Waals surface area contributed by atoms with Crippen molar-refractivity contribution in [2.75, 3.05) is 40.9 Å². The summed E-state index contributed by atoms with van der Waals surface area (Å²) >= 11 is 0. The number of hydrogen-bond acceptors (Lipinski definition) is 6. The second-order valence-electron chi connectivity index (χ2n) is 25.2. The number of carbonyl (C=O) groups excluding carboxylic acids is 1. The molecule has 0 heterocycles. The number of phosphoric acid groups is 1. The Kier molecular flexibility index (Phi) is 60.8. The van der Waals surface area contributed by atoms with Crippen molar-refractivity contribution in [1.29, 1.82) is 0 Å². The maximum Gasteiger partial charge on any atom is 0.268 e. The van der Waals surface area contributed by atoms with E-state index in [4.69, 9.17) is 9.05 Å². The first kappa shape index (κ1) is 78.5. The van der Waals surface area contributed by atoms with Gasteiger partial charge in [0.05, 0.1) is 39.9 Å². The zero-order valence-corrected chi connectivity index (χ0v) is 54.9. The molecule has 0 rings (SSSR count). The number of allylic oxidation sites excluding steroid dienone is 7. The molecule has 472 valence electrons. The number of aliphatic hydroxyl groups excluding tert-OH is 1. The number of phosphoric ester groups is 1. The monoisotopic (exact) mass is 1150 g/mol. The molecule has 0 aliphatic carbocycles. The average Bonchev–Trinajstić information content (AvgIpc) is 3.42. The van der Waals surface area contributed by atoms with Crippen LogP contribution in [-0.4, -0.2) is 68.5 Å². The highest BCUT2D eigenvalue weighted by Gasteiger charge is 2.23. The fourth-order valence-electron chi connectivity index (χ4n) is 10.6. The van der Waals surface area contributed by atoms with Crippen LogP contribution in [-0.2, 0) is 18.4 Å². The molecule has 0 bridgehead atoms. The molecule has 0 saturated heterocycles. The molecule has 80 heavy (non-hydrogen) atoms. The summed E-state index contributed by atoms with van der Waals surface area (Å²) in [6.07, 6.45) is 83.8. The zero-order valence-electron chi connectivity index (χ0n) is 54.0. The van der Waals surface area contributed by atoms with Gasteiger partial charge in [0.25, 0.3) is 7.82 Å². The molecule has 8 nitrogen and oxygen atoms in total. The normalized spacial score (nSPS) is 13.9. The van der Waals surface area contributed by atoms with Crippen molar-refractivity contribution in [2.45, 2.75) is 360 Å². The summed E-state index contributed by atoms with van der Waals surface area (Å²) in [5.74, 6) is -0.202. The molecule has 0 aromatic heterocycles. The van der Waals surface area contributed by atoms with Crippen molar-refractivity contribution >= 4 is 13.7 Å². The Balaban J connectivity index is 4.07. The Labute approximate surface area is 499 Å². The van der Waals surface area contributed by atoms with Gasteiger partial charge in [-0.25, -0.2) is 0 Å². The van der Waals surface area contributed by atoms with Gasteiger partial charge in [-0.2, -0.15) is 0 Å². The number of hydrogen-bond donors (Lipinski definition) is 2. The fraction of sp³-hybridized carbons (Fsp3) is 0.873. The zero-order chi connectivity index (χ0) is 58.4. The number of aliphatic hydroxyl groups is 1. The first-order chi connectivity index (χ1) is 39.0. The molecular formula is C71H137N2O6P. The Morgan fingerprint density at radius 1 is 0.438 bits per heavy atom. The number of unbranched alkanes of at least 4 members (excludes halogenated alkanes) is 46. The van der Waals surface area contributed by atoms with Crippen molar-refractivity contribution in [1.82, 2.24) is 5.32 Å². The van der Waals surface area contributed by atoms with Gasteiger partial charge in [0.1, 0.15) is 13.2 Å². The first-order valence-corrected chi connectivity index (χ1v) is 36.5. The largest absolute Gasteiger partial charge is 0.756 e. The van der Waals surface area contributed by atoms with Gasteiger partial charge in [0, 0.05) is 6.42 Å². The fourth-order valence-corrected chi connectivity index (χ4v) is 11.3. The molecule has 3 unspecified atom stereocenters. The van der Waals surface area contributed by atoms with Crippen LogP contribution in [0.2, 0.25) is 0 Å². The molecular weight excluding hydrogens is 1010 g/mol. The second-order valence-corrected chi connectivity index (χ2v) is 26.6. The Morgan fingerprint density at radius 2 is 0.738 bits per heavy atom. The van der Waals surface area contributed by atoms with Gasteiger partial charge in [0.2, 0.25) is 5.91 Å². The van der Waals surface area contributed by atoms with Gasteiger partial charge >= 0.3 is 0 Å².